The van der Waals surface area contributed by atoms with Gasteiger partial charge in [0.05, 0.1) is 24.8 Å². The van der Waals surface area contributed by atoms with E-state index in [0.29, 0.717) is 0 Å². The van der Waals surface area contributed by atoms with Gasteiger partial charge in [0.2, 0.25) is 0 Å². The molecule has 0 atom stereocenters. The summed E-state index contributed by atoms with van der Waals surface area (Å²) in [5.74, 6) is 0. The highest BCUT2D eigenvalue weighted by atomic mass is 16.5. The fourth-order valence-corrected chi connectivity index (χ4v) is 1.87. The molecule has 104 valence electrons. The Hall–Kier alpha value is -1.66. The number of hydrogen-bond acceptors (Lipinski definition) is 4. The molecule has 19 heavy (non-hydrogen) atoms. The molecular weight excluding hydrogens is 242 g/mol. The largest absolute Gasteiger partial charge is 0.383 e. The van der Waals surface area contributed by atoms with Crippen molar-refractivity contribution in [1.29, 1.82) is 0 Å². The van der Waals surface area contributed by atoms with Gasteiger partial charge in [-0.1, -0.05) is 0 Å². The molecule has 6 nitrogen and oxygen atoms in total. The van der Waals surface area contributed by atoms with E-state index in [2.05, 4.69) is 26.2 Å². The second kappa shape index (κ2) is 7.06. The minimum absolute atomic E-state index is 0.724. The highest BCUT2D eigenvalue weighted by Gasteiger charge is 2.00. The molecule has 2 aromatic heterocycles. The van der Waals surface area contributed by atoms with Gasteiger partial charge >= 0.3 is 0 Å². The Kier molecular flexibility index (Phi) is 5.11. The Morgan fingerprint density at radius 1 is 1.37 bits per heavy atom. The lowest BCUT2D eigenvalue weighted by molar-refractivity contribution is 0.199. The van der Waals surface area contributed by atoms with Crippen LogP contribution in [0.5, 0.6) is 0 Å². The maximum absolute atomic E-state index is 4.98. The average Bonchev–Trinajstić information content (AvgIpc) is 3.01. The van der Waals surface area contributed by atoms with Crippen LogP contribution in [0.1, 0.15) is 11.3 Å². The molecule has 0 amide bonds. The summed E-state index contributed by atoms with van der Waals surface area (Å²) in [6.07, 6.45) is 8.88. The first-order valence-corrected chi connectivity index (χ1v) is 6.46. The van der Waals surface area contributed by atoms with Crippen molar-refractivity contribution in [2.75, 3.05) is 20.3 Å². The Bertz CT molecular complexity index is 491. The third kappa shape index (κ3) is 4.50. The van der Waals surface area contributed by atoms with Gasteiger partial charge in [-0.3, -0.25) is 4.68 Å². The number of imidazole rings is 1. The lowest BCUT2D eigenvalue weighted by Crippen LogP contribution is -2.18. The number of aromatic nitrogens is 4. The van der Waals surface area contributed by atoms with Crippen molar-refractivity contribution in [3.63, 3.8) is 0 Å². The van der Waals surface area contributed by atoms with Gasteiger partial charge in [-0.25, -0.2) is 4.98 Å². The van der Waals surface area contributed by atoms with Gasteiger partial charge in [0.25, 0.3) is 0 Å². The van der Waals surface area contributed by atoms with E-state index in [1.54, 1.807) is 7.11 Å². The number of methoxy groups -OCH3 is 1. The second-order valence-corrected chi connectivity index (χ2v) is 4.54. The predicted molar refractivity (Wildman–Crippen MR) is 72.7 cm³/mol. The minimum Gasteiger partial charge on any atom is -0.383 e. The van der Waals surface area contributed by atoms with E-state index in [1.165, 1.54) is 5.56 Å². The number of hydrogen-bond donors (Lipinski definition) is 1. The van der Waals surface area contributed by atoms with Gasteiger partial charge < -0.3 is 14.6 Å². The van der Waals surface area contributed by atoms with Crippen molar-refractivity contribution >= 4 is 0 Å². The third-order valence-electron chi connectivity index (χ3n) is 2.89. The van der Waals surface area contributed by atoms with Crippen molar-refractivity contribution in [3.8, 4) is 0 Å². The number of ether oxygens (including phenoxy) is 1. The predicted octanol–water partition coefficient (Wildman–Crippen LogP) is 0.595. The van der Waals surface area contributed by atoms with E-state index in [-0.39, 0.29) is 0 Å². The Labute approximate surface area is 113 Å². The molecule has 0 saturated carbocycles. The van der Waals surface area contributed by atoms with Crippen LogP contribution in [0.4, 0.5) is 0 Å². The van der Waals surface area contributed by atoms with Crippen LogP contribution < -0.4 is 5.32 Å². The fourth-order valence-electron chi connectivity index (χ4n) is 1.87. The summed E-state index contributed by atoms with van der Waals surface area (Å²) in [5.41, 5.74) is 2.30. The van der Waals surface area contributed by atoms with Crippen LogP contribution >= 0.6 is 0 Å². The Morgan fingerprint density at radius 2 is 2.26 bits per heavy atom. The summed E-state index contributed by atoms with van der Waals surface area (Å²) >= 11 is 0. The van der Waals surface area contributed by atoms with Crippen LogP contribution in [0.25, 0.3) is 0 Å². The number of nitrogens with one attached hydrogen (secondary N) is 1. The molecule has 0 spiro atoms. The normalized spacial score (nSPS) is 11.1. The lowest BCUT2D eigenvalue weighted by Gasteiger charge is -2.01. The van der Waals surface area contributed by atoms with Crippen molar-refractivity contribution in [1.82, 2.24) is 24.6 Å². The SMILES string of the molecule is COCCNCc1cn(CCc2cnn(C)c2)cn1. The van der Waals surface area contributed by atoms with Crippen LogP contribution in [0.15, 0.2) is 24.9 Å². The van der Waals surface area contributed by atoms with E-state index in [4.69, 9.17) is 4.74 Å². The number of aryl methyl sites for hydroxylation is 3. The second-order valence-electron chi connectivity index (χ2n) is 4.54. The lowest BCUT2D eigenvalue weighted by atomic mass is 10.2. The van der Waals surface area contributed by atoms with Crippen molar-refractivity contribution in [2.45, 2.75) is 19.5 Å². The average molecular weight is 263 g/mol. The minimum atomic E-state index is 0.724. The van der Waals surface area contributed by atoms with Gasteiger partial charge in [0.1, 0.15) is 0 Å². The maximum Gasteiger partial charge on any atom is 0.0950 e. The summed E-state index contributed by atoms with van der Waals surface area (Å²) in [7, 11) is 3.64. The molecule has 0 saturated heterocycles. The first-order chi connectivity index (χ1) is 9.28. The zero-order valence-electron chi connectivity index (χ0n) is 11.5. The quantitative estimate of drug-likeness (QED) is 0.708. The molecule has 0 fully saturated rings. The molecule has 0 aliphatic rings. The Morgan fingerprint density at radius 3 is 3.00 bits per heavy atom. The van der Waals surface area contributed by atoms with Gasteiger partial charge in [-0.15, -0.1) is 0 Å². The van der Waals surface area contributed by atoms with E-state index in [9.17, 15) is 0 Å². The van der Waals surface area contributed by atoms with Crippen molar-refractivity contribution < 1.29 is 4.74 Å². The fraction of sp³-hybridized carbons (Fsp3) is 0.538. The van der Waals surface area contributed by atoms with Crippen LogP contribution in [-0.4, -0.2) is 39.6 Å². The summed E-state index contributed by atoms with van der Waals surface area (Å²) in [6, 6.07) is 0. The molecule has 6 heteroatoms. The molecule has 0 radical (unpaired) electrons. The summed E-state index contributed by atoms with van der Waals surface area (Å²) < 4.78 is 8.92. The van der Waals surface area contributed by atoms with Crippen LogP contribution in [0, 0.1) is 0 Å². The molecular formula is C13H21N5O. The number of rotatable bonds is 8. The maximum atomic E-state index is 4.98. The molecule has 2 heterocycles. The summed E-state index contributed by atoms with van der Waals surface area (Å²) in [6.45, 7) is 3.28. The standard InChI is InChI=1S/C13H21N5O/c1-17-9-12(7-16-17)3-5-18-10-13(15-11-18)8-14-4-6-19-2/h7,9-11,14H,3-6,8H2,1-2H3. The third-order valence-corrected chi connectivity index (χ3v) is 2.89. The van der Waals surface area contributed by atoms with Gasteiger partial charge in [-0.05, 0) is 12.0 Å². The molecule has 2 aromatic rings. The van der Waals surface area contributed by atoms with Crippen molar-refractivity contribution in [2.24, 2.45) is 7.05 Å². The number of nitrogens with zero attached hydrogens (tertiary/aromatic N) is 4. The van der Waals surface area contributed by atoms with Gasteiger partial charge in [0.15, 0.2) is 0 Å². The van der Waals surface area contributed by atoms with E-state index < -0.39 is 0 Å². The smallest absolute Gasteiger partial charge is 0.0950 e. The highest BCUT2D eigenvalue weighted by molar-refractivity contribution is 5.04. The topological polar surface area (TPSA) is 56.9 Å². The molecule has 1 N–H and O–H groups in total. The zero-order valence-corrected chi connectivity index (χ0v) is 11.5. The molecule has 0 unspecified atom stereocenters. The molecule has 0 aliphatic heterocycles. The molecule has 2 rings (SSSR count). The first-order valence-electron chi connectivity index (χ1n) is 6.46. The molecule has 0 aliphatic carbocycles. The van der Waals surface area contributed by atoms with Crippen LogP contribution in [-0.2, 0) is 31.3 Å². The van der Waals surface area contributed by atoms with Crippen LogP contribution in [0.3, 0.4) is 0 Å². The van der Waals surface area contributed by atoms with Crippen molar-refractivity contribution in [3.05, 3.63) is 36.2 Å². The molecule has 0 aromatic carbocycles. The first kappa shape index (κ1) is 13.8. The van der Waals surface area contributed by atoms with E-state index in [1.807, 2.05) is 30.5 Å². The monoisotopic (exact) mass is 263 g/mol. The summed E-state index contributed by atoms with van der Waals surface area (Å²) in [5, 5.41) is 7.44. The van der Waals surface area contributed by atoms with Gasteiger partial charge in [-0.2, -0.15) is 5.10 Å². The van der Waals surface area contributed by atoms with E-state index in [0.717, 1.165) is 38.4 Å². The van der Waals surface area contributed by atoms with E-state index >= 15 is 0 Å². The Balaban J connectivity index is 1.74. The van der Waals surface area contributed by atoms with Crippen LogP contribution in [0.2, 0.25) is 0 Å². The summed E-state index contributed by atoms with van der Waals surface area (Å²) in [4.78, 5) is 4.37. The van der Waals surface area contributed by atoms with Gasteiger partial charge in [0, 0.05) is 46.2 Å². The molecule has 0 bridgehead atoms. The highest BCUT2D eigenvalue weighted by Crippen LogP contribution is 2.02. The zero-order chi connectivity index (χ0) is 13.5.